The number of benzene rings is 6. The highest BCUT2D eigenvalue weighted by Crippen LogP contribution is 2.42. The zero-order valence-corrected chi connectivity index (χ0v) is 32.6. The van der Waals surface area contributed by atoms with Crippen LogP contribution in [0.5, 0.6) is 17.2 Å². The first-order valence-electron chi connectivity index (χ1n) is 19.4. The van der Waals surface area contributed by atoms with Crippen molar-refractivity contribution in [3.8, 4) is 28.4 Å². The number of rotatable bonds is 14. The number of hydrogen-bond acceptors (Lipinski definition) is 8. The number of aromatic hydroxyl groups is 1. The molecule has 0 bridgehead atoms. The number of carbonyl (C=O) groups is 1. The summed E-state index contributed by atoms with van der Waals surface area (Å²) in [7, 11) is 1.95. The van der Waals surface area contributed by atoms with Crippen molar-refractivity contribution in [1.29, 1.82) is 0 Å². The van der Waals surface area contributed by atoms with Crippen molar-refractivity contribution in [3.63, 3.8) is 0 Å². The molecule has 0 aromatic heterocycles. The highest BCUT2D eigenvalue weighted by atomic mass is 16.7. The van der Waals surface area contributed by atoms with E-state index in [9.17, 15) is 20.1 Å². The van der Waals surface area contributed by atoms with Crippen molar-refractivity contribution >= 4 is 11.7 Å². The number of para-hydroxylation sites is 1. The topological polar surface area (TPSA) is 133 Å². The lowest BCUT2D eigenvalue weighted by Gasteiger charge is -2.42. The molecule has 10 nitrogen and oxygen atoms in total. The van der Waals surface area contributed by atoms with Crippen LogP contribution in [-0.4, -0.2) is 52.5 Å². The van der Waals surface area contributed by atoms with Gasteiger partial charge in [-0.25, -0.2) is 4.79 Å². The summed E-state index contributed by atoms with van der Waals surface area (Å²) in [6.45, 7) is 3.31. The lowest BCUT2D eigenvalue weighted by atomic mass is 9.90. The number of urea groups is 1. The Morgan fingerprint density at radius 1 is 0.759 bits per heavy atom. The number of aliphatic hydroxyl groups excluding tert-OH is 2. The Morgan fingerprint density at radius 2 is 1.47 bits per heavy atom. The Hall–Kier alpha value is -6.01. The fraction of sp³-hybridized carbons (Fsp3) is 0.229. The zero-order chi connectivity index (χ0) is 40.4. The van der Waals surface area contributed by atoms with Crippen LogP contribution < -0.4 is 15.4 Å². The number of hydrogen-bond donors (Lipinski definition) is 5. The molecule has 58 heavy (non-hydrogen) atoms. The highest BCUT2D eigenvalue weighted by Gasteiger charge is 2.39. The van der Waals surface area contributed by atoms with E-state index < -0.39 is 12.4 Å². The number of aliphatic hydroxyl groups is 2. The van der Waals surface area contributed by atoms with Crippen LogP contribution >= 0.6 is 0 Å². The normalized spacial score (nSPS) is 18.4. The lowest BCUT2D eigenvalue weighted by molar-refractivity contribution is -0.276. The van der Waals surface area contributed by atoms with Crippen LogP contribution in [-0.2, 0) is 22.6 Å². The predicted molar refractivity (Wildman–Crippen MR) is 224 cm³/mol. The molecule has 5 N–H and O–H groups in total. The number of nitrogens with one attached hydrogen (secondary N) is 2. The van der Waals surface area contributed by atoms with E-state index in [0.717, 1.165) is 39.1 Å². The lowest BCUT2D eigenvalue weighted by Crippen LogP contribution is -2.44. The van der Waals surface area contributed by atoms with Gasteiger partial charge in [0.25, 0.3) is 0 Å². The first kappa shape index (κ1) is 40.2. The largest absolute Gasteiger partial charge is 0.508 e. The maximum atomic E-state index is 12.8. The molecule has 5 atom stereocenters. The third-order valence-corrected chi connectivity index (χ3v) is 10.3. The average molecular weight is 780 g/mol. The molecule has 1 heterocycles. The third kappa shape index (κ3) is 10.5. The van der Waals surface area contributed by atoms with Crippen molar-refractivity contribution in [2.45, 2.75) is 44.7 Å². The summed E-state index contributed by atoms with van der Waals surface area (Å²) in [6, 6.07) is 47.1. The van der Waals surface area contributed by atoms with Crippen LogP contribution in [0.3, 0.4) is 0 Å². The average Bonchev–Trinajstić information content (AvgIpc) is 3.25. The van der Waals surface area contributed by atoms with Gasteiger partial charge in [-0.15, -0.1) is 0 Å². The summed E-state index contributed by atoms with van der Waals surface area (Å²) in [5.74, 6) is 1.50. The molecule has 6 aromatic rings. The smallest absolute Gasteiger partial charge is 0.319 e. The Morgan fingerprint density at radius 3 is 2.19 bits per heavy atom. The molecular weight excluding hydrogens is 731 g/mol. The SMILES string of the molecule is CC1C(CN(C)CC(O)c2cccc(O)c2)OC(c2ccc(-c3cccc(CNC(=O)Nc4ccc(Oc5ccccc5)cc4)c3)cc2)OC1c1ccc(CO)cc1. The monoisotopic (exact) mass is 779 g/mol. The van der Waals surface area contributed by atoms with Gasteiger partial charge in [0.2, 0.25) is 0 Å². The van der Waals surface area contributed by atoms with Crippen LogP contribution in [0.25, 0.3) is 11.1 Å². The molecule has 0 spiro atoms. The maximum Gasteiger partial charge on any atom is 0.319 e. The minimum absolute atomic E-state index is 0.0330. The van der Waals surface area contributed by atoms with E-state index in [1.54, 1.807) is 36.4 Å². The molecule has 1 aliphatic rings. The second kappa shape index (κ2) is 19.0. The summed E-state index contributed by atoms with van der Waals surface area (Å²) in [4.78, 5) is 14.8. The van der Waals surface area contributed by atoms with Gasteiger partial charge in [-0.2, -0.15) is 0 Å². The van der Waals surface area contributed by atoms with E-state index in [2.05, 4.69) is 23.6 Å². The molecule has 0 aliphatic carbocycles. The fourth-order valence-electron chi connectivity index (χ4n) is 7.12. The second-order valence-corrected chi connectivity index (χ2v) is 14.7. The standard InChI is InChI=1S/C48H49N3O7/c1-32-45(30-51(2)29-44(54)39-10-7-11-41(53)27-39)57-47(58-46(32)36-16-14-33(31-52)15-17-36)37-20-18-35(19-21-37)38-9-6-8-34(26-38)28-49-48(55)50-40-22-24-43(25-23-40)56-42-12-4-3-5-13-42/h3-27,32,44-47,52-54H,28-31H2,1-2H3,(H2,49,50,55). The van der Waals surface area contributed by atoms with Crippen LogP contribution in [0, 0.1) is 5.92 Å². The van der Waals surface area contributed by atoms with E-state index in [1.165, 1.54) is 0 Å². The summed E-state index contributed by atoms with van der Waals surface area (Å²) < 4.78 is 19.2. The van der Waals surface area contributed by atoms with Crippen LogP contribution in [0.4, 0.5) is 10.5 Å². The number of nitrogens with zero attached hydrogens (tertiary/aromatic N) is 1. The molecule has 1 aliphatic heterocycles. The molecule has 7 rings (SSSR count). The quantitative estimate of drug-likeness (QED) is 0.0740. The molecular formula is C48H49N3O7. The van der Waals surface area contributed by atoms with Gasteiger partial charge >= 0.3 is 6.03 Å². The van der Waals surface area contributed by atoms with Gasteiger partial charge in [-0.1, -0.05) is 104 Å². The molecule has 1 saturated heterocycles. The first-order valence-corrected chi connectivity index (χ1v) is 19.4. The maximum absolute atomic E-state index is 12.8. The van der Waals surface area contributed by atoms with Gasteiger partial charge in [0.1, 0.15) is 17.2 Å². The summed E-state index contributed by atoms with van der Waals surface area (Å²) >= 11 is 0. The predicted octanol–water partition coefficient (Wildman–Crippen LogP) is 9.12. The minimum atomic E-state index is -0.784. The Labute approximate surface area is 339 Å². The van der Waals surface area contributed by atoms with Crippen molar-refractivity contribution in [1.82, 2.24) is 10.2 Å². The molecule has 5 unspecified atom stereocenters. The van der Waals surface area contributed by atoms with E-state index in [-0.39, 0.29) is 36.5 Å². The van der Waals surface area contributed by atoms with Crippen LogP contribution in [0.2, 0.25) is 0 Å². The Bertz CT molecular complexity index is 2230. The van der Waals surface area contributed by atoms with Crippen molar-refractivity contribution in [2.75, 3.05) is 25.5 Å². The Balaban J connectivity index is 0.990. The van der Waals surface area contributed by atoms with Gasteiger partial charge < -0.3 is 45.1 Å². The number of likely N-dealkylation sites (N-methyl/N-ethyl adjacent to an activating group) is 1. The fourth-order valence-corrected chi connectivity index (χ4v) is 7.12. The molecule has 6 aromatic carbocycles. The van der Waals surface area contributed by atoms with Gasteiger partial charge in [-0.3, -0.25) is 0 Å². The van der Waals surface area contributed by atoms with E-state index in [1.807, 2.05) is 121 Å². The molecule has 0 saturated carbocycles. The minimum Gasteiger partial charge on any atom is -0.508 e. The summed E-state index contributed by atoms with van der Waals surface area (Å²) in [5, 5.41) is 36.3. The summed E-state index contributed by atoms with van der Waals surface area (Å²) in [5.41, 5.74) is 6.95. The number of phenolic OH excluding ortho intramolecular Hbond substituents is 1. The number of carbonyl (C=O) groups excluding carboxylic acids is 1. The van der Waals surface area contributed by atoms with E-state index in [4.69, 9.17) is 14.2 Å². The number of phenols is 1. The summed E-state index contributed by atoms with van der Waals surface area (Å²) in [6.07, 6.45) is -1.95. The van der Waals surface area contributed by atoms with Crippen LogP contribution in [0.15, 0.2) is 152 Å². The first-order chi connectivity index (χ1) is 28.2. The molecule has 2 amide bonds. The number of ether oxygens (including phenoxy) is 3. The third-order valence-electron chi connectivity index (χ3n) is 10.3. The molecule has 298 valence electrons. The van der Waals surface area contributed by atoms with E-state index in [0.29, 0.717) is 36.6 Å². The van der Waals surface area contributed by atoms with Gasteiger partial charge in [0, 0.05) is 36.8 Å². The Kier molecular flexibility index (Phi) is 13.1. The highest BCUT2D eigenvalue weighted by molar-refractivity contribution is 5.89. The van der Waals surface area contributed by atoms with Crippen molar-refractivity contribution < 1.29 is 34.3 Å². The number of amides is 2. The van der Waals surface area contributed by atoms with Gasteiger partial charge in [-0.05, 0) is 95.0 Å². The zero-order valence-electron chi connectivity index (χ0n) is 32.6. The van der Waals surface area contributed by atoms with Crippen molar-refractivity contribution in [3.05, 3.63) is 179 Å². The van der Waals surface area contributed by atoms with E-state index >= 15 is 0 Å². The number of anilines is 1. The second-order valence-electron chi connectivity index (χ2n) is 14.7. The molecule has 10 heteroatoms. The molecule has 1 fully saturated rings. The van der Waals surface area contributed by atoms with Gasteiger partial charge in [0.15, 0.2) is 6.29 Å². The van der Waals surface area contributed by atoms with Crippen LogP contribution in [0.1, 0.15) is 53.2 Å². The van der Waals surface area contributed by atoms with Gasteiger partial charge in [0.05, 0.1) is 24.9 Å². The van der Waals surface area contributed by atoms with Crippen molar-refractivity contribution in [2.24, 2.45) is 5.92 Å². The molecule has 0 radical (unpaired) electrons.